The highest BCUT2D eigenvalue weighted by Gasteiger charge is 2.36. The lowest BCUT2D eigenvalue weighted by Crippen LogP contribution is -2.33. The molecule has 0 radical (unpaired) electrons. The number of amides is 1. The maximum absolute atomic E-state index is 13.8. The molecule has 1 aliphatic rings. The van der Waals surface area contributed by atoms with Gasteiger partial charge >= 0.3 is 6.09 Å². The number of anilines is 1. The molecular formula is C11H11F2NO2. The van der Waals surface area contributed by atoms with Crippen LogP contribution in [-0.4, -0.2) is 19.0 Å². The van der Waals surface area contributed by atoms with E-state index in [0.29, 0.717) is 5.56 Å². The quantitative estimate of drug-likeness (QED) is 0.681. The summed E-state index contributed by atoms with van der Waals surface area (Å²) >= 11 is 0. The molecule has 1 unspecified atom stereocenters. The highest BCUT2D eigenvalue weighted by atomic mass is 19.2. The van der Waals surface area contributed by atoms with E-state index in [1.54, 1.807) is 6.07 Å². The molecule has 0 aliphatic carbocycles. The Labute approximate surface area is 91.6 Å². The van der Waals surface area contributed by atoms with Crippen LogP contribution in [0.5, 0.6) is 0 Å². The average Bonchev–Trinajstić information content (AvgIpc) is 2.22. The number of carbonyl (C=O) groups excluding carboxylic acids is 1. The van der Waals surface area contributed by atoms with Crippen molar-refractivity contribution < 1.29 is 18.3 Å². The van der Waals surface area contributed by atoms with Crippen LogP contribution in [0.1, 0.15) is 12.5 Å². The van der Waals surface area contributed by atoms with Crippen molar-refractivity contribution in [2.75, 3.05) is 11.9 Å². The predicted molar refractivity (Wildman–Crippen MR) is 54.5 cm³/mol. The second-order valence-corrected chi connectivity index (χ2v) is 3.95. The van der Waals surface area contributed by atoms with Crippen molar-refractivity contribution in [2.24, 2.45) is 0 Å². The molecule has 1 aromatic rings. The number of benzene rings is 1. The molecule has 1 heterocycles. The van der Waals surface area contributed by atoms with Gasteiger partial charge in [-0.3, -0.25) is 4.90 Å². The van der Waals surface area contributed by atoms with Crippen molar-refractivity contribution in [3.8, 4) is 0 Å². The van der Waals surface area contributed by atoms with Gasteiger partial charge in [0.05, 0.1) is 5.69 Å². The molecule has 0 fully saturated rings. The lowest BCUT2D eigenvalue weighted by molar-refractivity contribution is -0.0734. The van der Waals surface area contributed by atoms with Crippen molar-refractivity contribution in [3.63, 3.8) is 0 Å². The van der Waals surface area contributed by atoms with Gasteiger partial charge in [0.1, 0.15) is 5.82 Å². The van der Waals surface area contributed by atoms with Gasteiger partial charge < -0.3 is 4.74 Å². The monoisotopic (exact) mass is 227 g/mol. The molecule has 0 aromatic heterocycles. The zero-order valence-corrected chi connectivity index (χ0v) is 8.96. The minimum Gasteiger partial charge on any atom is -0.412 e. The smallest absolute Gasteiger partial charge is 0.412 e. The fourth-order valence-corrected chi connectivity index (χ4v) is 1.80. The molecule has 2 rings (SSSR count). The first-order chi connectivity index (χ1) is 7.41. The van der Waals surface area contributed by atoms with Crippen LogP contribution in [0, 0.1) is 5.82 Å². The molecule has 1 aromatic carbocycles. The first kappa shape index (κ1) is 10.9. The number of carbonyl (C=O) groups is 1. The Kier molecular flexibility index (Phi) is 2.33. The maximum atomic E-state index is 13.8. The number of alkyl halides is 1. The van der Waals surface area contributed by atoms with Gasteiger partial charge in [-0.15, -0.1) is 0 Å². The summed E-state index contributed by atoms with van der Waals surface area (Å²) < 4.78 is 31.9. The SMILES string of the molecule is CN1C(=O)OC(C)(F)Cc2cccc(F)c21. The summed E-state index contributed by atoms with van der Waals surface area (Å²) in [5.74, 6) is -2.67. The van der Waals surface area contributed by atoms with Crippen molar-refractivity contribution >= 4 is 11.8 Å². The van der Waals surface area contributed by atoms with E-state index in [1.807, 2.05) is 0 Å². The normalized spacial score (nSPS) is 24.8. The van der Waals surface area contributed by atoms with Crippen LogP contribution >= 0.6 is 0 Å². The Balaban J connectivity index is 2.58. The average molecular weight is 227 g/mol. The molecule has 0 bridgehead atoms. The van der Waals surface area contributed by atoms with Crippen LogP contribution in [0.15, 0.2) is 18.2 Å². The van der Waals surface area contributed by atoms with E-state index in [0.717, 1.165) is 11.8 Å². The molecule has 0 saturated carbocycles. The van der Waals surface area contributed by atoms with E-state index in [2.05, 4.69) is 4.74 Å². The largest absolute Gasteiger partial charge is 0.416 e. The summed E-state index contributed by atoms with van der Waals surface area (Å²) in [6.07, 6.45) is -1.05. The second-order valence-electron chi connectivity index (χ2n) is 3.95. The third-order valence-corrected chi connectivity index (χ3v) is 2.49. The Morgan fingerprint density at radius 3 is 2.88 bits per heavy atom. The number of cyclic esters (lactones) is 1. The number of rotatable bonds is 0. The van der Waals surface area contributed by atoms with Crippen LogP contribution in [0.25, 0.3) is 0 Å². The highest BCUT2D eigenvalue weighted by molar-refractivity contribution is 5.89. The molecule has 0 N–H and O–H groups in total. The van der Waals surface area contributed by atoms with Crippen LogP contribution in [0.4, 0.5) is 19.3 Å². The van der Waals surface area contributed by atoms with Crippen LogP contribution in [0.3, 0.4) is 0 Å². The van der Waals surface area contributed by atoms with Crippen LogP contribution in [-0.2, 0) is 11.2 Å². The van der Waals surface area contributed by atoms with Crippen molar-refractivity contribution in [1.29, 1.82) is 0 Å². The van der Waals surface area contributed by atoms with Crippen LogP contribution in [0.2, 0.25) is 0 Å². The van der Waals surface area contributed by atoms with Crippen molar-refractivity contribution in [2.45, 2.75) is 19.2 Å². The third-order valence-electron chi connectivity index (χ3n) is 2.49. The summed E-state index contributed by atoms with van der Waals surface area (Å²) in [7, 11) is 1.35. The molecule has 0 spiro atoms. The lowest BCUT2D eigenvalue weighted by Gasteiger charge is -2.18. The molecule has 1 amide bonds. The van der Waals surface area contributed by atoms with Gasteiger partial charge in [0.25, 0.3) is 5.85 Å². The molecule has 0 saturated heterocycles. The predicted octanol–water partition coefficient (Wildman–Crippen LogP) is 2.64. The van der Waals surface area contributed by atoms with E-state index < -0.39 is 17.8 Å². The lowest BCUT2D eigenvalue weighted by atomic mass is 10.0. The number of ether oxygens (including phenoxy) is 1. The fraction of sp³-hybridized carbons (Fsp3) is 0.364. The molecule has 1 aliphatic heterocycles. The van der Waals surface area contributed by atoms with Gasteiger partial charge in [0.15, 0.2) is 0 Å². The minimum atomic E-state index is -2.11. The standard InChI is InChI=1S/C11H11F2NO2/c1-11(13)6-7-4-3-5-8(12)9(7)14(2)10(15)16-11/h3-5H,6H2,1-2H3. The Hall–Kier alpha value is -1.65. The van der Waals surface area contributed by atoms with Gasteiger partial charge in [0, 0.05) is 20.4 Å². The van der Waals surface area contributed by atoms with Crippen molar-refractivity contribution in [3.05, 3.63) is 29.6 Å². The van der Waals surface area contributed by atoms with E-state index in [9.17, 15) is 13.6 Å². The second kappa shape index (κ2) is 3.43. The zero-order valence-electron chi connectivity index (χ0n) is 8.96. The van der Waals surface area contributed by atoms with E-state index in [4.69, 9.17) is 0 Å². The van der Waals surface area contributed by atoms with Gasteiger partial charge in [0.2, 0.25) is 0 Å². The first-order valence-corrected chi connectivity index (χ1v) is 4.84. The van der Waals surface area contributed by atoms with E-state index >= 15 is 0 Å². The number of fused-ring (bicyclic) bond motifs is 1. The van der Waals surface area contributed by atoms with Gasteiger partial charge in [-0.1, -0.05) is 12.1 Å². The maximum Gasteiger partial charge on any atom is 0.416 e. The number of halogens is 2. The van der Waals surface area contributed by atoms with E-state index in [-0.39, 0.29) is 12.1 Å². The molecular weight excluding hydrogens is 216 g/mol. The molecule has 86 valence electrons. The van der Waals surface area contributed by atoms with Gasteiger partial charge in [-0.2, -0.15) is 4.39 Å². The van der Waals surface area contributed by atoms with E-state index in [1.165, 1.54) is 19.2 Å². The minimum absolute atomic E-state index is 0.0777. The molecule has 1 atom stereocenters. The molecule has 16 heavy (non-hydrogen) atoms. The topological polar surface area (TPSA) is 29.5 Å². The number of nitrogens with zero attached hydrogens (tertiary/aromatic N) is 1. The Morgan fingerprint density at radius 1 is 1.50 bits per heavy atom. The van der Waals surface area contributed by atoms with Crippen LogP contribution < -0.4 is 4.90 Å². The summed E-state index contributed by atoms with van der Waals surface area (Å²) in [5.41, 5.74) is 0.493. The molecule has 3 nitrogen and oxygen atoms in total. The Bertz CT molecular complexity index is 446. The zero-order chi connectivity index (χ0) is 11.9. The molecule has 5 heteroatoms. The number of para-hydroxylation sites is 1. The van der Waals surface area contributed by atoms with Crippen molar-refractivity contribution in [1.82, 2.24) is 0 Å². The van der Waals surface area contributed by atoms with Gasteiger partial charge in [-0.25, -0.2) is 9.18 Å². The summed E-state index contributed by atoms with van der Waals surface area (Å²) in [6, 6.07) is 4.28. The van der Waals surface area contributed by atoms with Gasteiger partial charge in [-0.05, 0) is 11.6 Å². The number of hydrogen-bond acceptors (Lipinski definition) is 2. The Morgan fingerprint density at radius 2 is 2.19 bits per heavy atom. The first-order valence-electron chi connectivity index (χ1n) is 4.84. The summed E-state index contributed by atoms with van der Waals surface area (Å²) in [6.45, 7) is 1.15. The summed E-state index contributed by atoms with van der Waals surface area (Å²) in [5, 5.41) is 0. The fourth-order valence-electron chi connectivity index (χ4n) is 1.80. The highest BCUT2D eigenvalue weighted by Crippen LogP contribution is 2.33. The third kappa shape index (κ3) is 1.73. The summed E-state index contributed by atoms with van der Waals surface area (Å²) in [4.78, 5) is 12.4. The number of hydrogen-bond donors (Lipinski definition) is 0.